The van der Waals surface area contributed by atoms with Crippen molar-refractivity contribution in [3.63, 3.8) is 0 Å². The summed E-state index contributed by atoms with van der Waals surface area (Å²) in [5.74, 6) is -0.261. The van der Waals surface area contributed by atoms with Gasteiger partial charge in [-0.2, -0.15) is 0 Å². The zero-order valence-corrected chi connectivity index (χ0v) is 15.2. The van der Waals surface area contributed by atoms with Crippen molar-refractivity contribution in [1.82, 2.24) is 9.62 Å². The maximum Gasteiger partial charge on any atom is 0.253 e. The molecule has 0 spiro atoms. The van der Waals surface area contributed by atoms with Crippen LogP contribution in [-0.2, 0) is 16.6 Å². The molecule has 2 rings (SSSR count). The fraction of sp³-hybridized carbons (Fsp3) is 0.312. The maximum atomic E-state index is 12.4. The molecular formula is C16H21N3O3S2. The summed E-state index contributed by atoms with van der Waals surface area (Å²) in [5.41, 5.74) is 5.89. The van der Waals surface area contributed by atoms with E-state index >= 15 is 0 Å². The second-order valence-electron chi connectivity index (χ2n) is 5.43. The molecule has 0 aliphatic heterocycles. The topological polar surface area (TPSA) is 92.5 Å². The van der Waals surface area contributed by atoms with Crippen molar-refractivity contribution in [1.29, 1.82) is 0 Å². The normalized spacial score (nSPS) is 12.8. The largest absolute Gasteiger partial charge is 0.338 e. The van der Waals surface area contributed by atoms with Crippen LogP contribution < -0.4 is 10.5 Å². The van der Waals surface area contributed by atoms with Crippen molar-refractivity contribution in [2.24, 2.45) is 5.73 Å². The van der Waals surface area contributed by atoms with Gasteiger partial charge in [-0.05, 0) is 36.6 Å². The average molecular weight is 367 g/mol. The molecule has 130 valence electrons. The Labute approximate surface area is 146 Å². The van der Waals surface area contributed by atoms with Crippen LogP contribution in [0.1, 0.15) is 22.2 Å². The van der Waals surface area contributed by atoms with Gasteiger partial charge in [0, 0.05) is 36.6 Å². The maximum absolute atomic E-state index is 12.4. The minimum absolute atomic E-state index is 0.0682. The quantitative estimate of drug-likeness (QED) is 0.778. The number of hydrogen-bond acceptors (Lipinski definition) is 5. The predicted molar refractivity (Wildman–Crippen MR) is 95.4 cm³/mol. The minimum Gasteiger partial charge on any atom is -0.338 e. The van der Waals surface area contributed by atoms with E-state index in [9.17, 15) is 13.2 Å². The van der Waals surface area contributed by atoms with Gasteiger partial charge in [0.05, 0.1) is 4.90 Å². The molecular weight excluding hydrogens is 346 g/mol. The van der Waals surface area contributed by atoms with Crippen molar-refractivity contribution in [2.45, 2.75) is 24.4 Å². The highest BCUT2D eigenvalue weighted by Gasteiger charge is 2.20. The van der Waals surface area contributed by atoms with E-state index in [1.54, 1.807) is 19.2 Å². The Morgan fingerprint density at radius 2 is 2.08 bits per heavy atom. The Hall–Kier alpha value is -1.74. The molecule has 1 aromatic carbocycles. The third-order valence-corrected chi connectivity index (χ3v) is 6.01. The van der Waals surface area contributed by atoms with E-state index in [1.807, 2.05) is 24.4 Å². The lowest BCUT2D eigenvalue weighted by molar-refractivity contribution is 0.0748. The first-order chi connectivity index (χ1) is 11.3. The summed E-state index contributed by atoms with van der Waals surface area (Å²) in [6, 6.07) is 9.61. The molecule has 0 aliphatic carbocycles. The summed E-state index contributed by atoms with van der Waals surface area (Å²) >= 11 is 1.48. The molecule has 2 aromatic rings. The Morgan fingerprint density at radius 1 is 1.33 bits per heavy atom. The van der Waals surface area contributed by atoms with Crippen LogP contribution in [0.15, 0.2) is 46.7 Å². The number of rotatable bonds is 7. The van der Waals surface area contributed by atoms with Gasteiger partial charge in [-0.3, -0.25) is 4.79 Å². The van der Waals surface area contributed by atoms with Crippen molar-refractivity contribution in [3.05, 3.63) is 52.2 Å². The van der Waals surface area contributed by atoms with Crippen molar-refractivity contribution in [3.8, 4) is 0 Å². The number of carbonyl (C=O) groups is 1. The average Bonchev–Trinajstić information content (AvgIpc) is 3.11. The molecule has 24 heavy (non-hydrogen) atoms. The standard InChI is InChI=1S/C16H21N3O3S2/c1-12(10-17)19(2)16(20)13-5-3-7-15(9-13)24(21,22)18-11-14-6-4-8-23-14/h3-9,12,18H,10-11,17H2,1-2H3. The molecule has 0 saturated carbocycles. The third-order valence-electron chi connectivity index (χ3n) is 3.73. The molecule has 1 amide bonds. The van der Waals surface area contributed by atoms with Crippen molar-refractivity contribution < 1.29 is 13.2 Å². The predicted octanol–water partition coefficient (Wildman–Crippen LogP) is 1.65. The summed E-state index contributed by atoms with van der Waals surface area (Å²) in [7, 11) is -2.03. The molecule has 1 heterocycles. The van der Waals surface area contributed by atoms with Gasteiger partial charge < -0.3 is 10.6 Å². The summed E-state index contributed by atoms with van der Waals surface area (Å²) < 4.78 is 27.4. The van der Waals surface area contributed by atoms with E-state index < -0.39 is 10.0 Å². The Bertz CT molecular complexity index is 789. The molecule has 3 N–H and O–H groups in total. The number of carbonyl (C=O) groups excluding carboxylic acids is 1. The Balaban J connectivity index is 2.18. The first kappa shape index (κ1) is 18.6. The number of hydrogen-bond donors (Lipinski definition) is 2. The van der Waals surface area contributed by atoms with Crippen molar-refractivity contribution in [2.75, 3.05) is 13.6 Å². The molecule has 0 saturated heterocycles. The summed E-state index contributed by atoms with van der Waals surface area (Å²) in [6.45, 7) is 2.39. The van der Waals surface area contributed by atoms with Crippen LogP contribution in [0, 0.1) is 0 Å². The van der Waals surface area contributed by atoms with Crippen LogP contribution >= 0.6 is 11.3 Å². The summed E-state index contributed by atoms with van der Waals surface area (Å²) in [5, 5.41) is 1.89. The fourth-order valence-electron chi connectivity index (χ4n) is 2.02. The van der Waals surface area contributed by atoms with Crippen molar-refractivity contribution >= 4 is 27.3 Å². The number of sulfonamides is 1. The number of nitrogens with zero attached hydrogens (tertiary/aromatic N) is 1. The van der Waals surface area contributed by atoms with Gasteiger partial charge in [-0.1, -0.05) is 12.1 Å². The lowest BCUT2D eigenvalue weighted by Crippen LogP contribution is -2.39. The lowest BCUT2D eigenvalue weighted by atomic mass is 10.2. The molecule has 0 fully saturated rings. The van der Waals surface area contributed by atoms with E-state index in [-0.39, 0.29) is 23.4 Å². The van der Waals surface area contributed by atoms with Crippen LogP contribution in [0.5, 0.6) is 0 Å². The van der Waals surface area contributed by atoms with Crippen LogP contribution in [0.3, 0.4) is 0 Å². The molecule has 0 radical (unpaired) electrons. The number of amides is 1. The number of likely N-dealkylation sites (N-methyl/N-ethyl adjacent to an activating group) is 1. The fourth-order valence-corrected chi connectivity index (χ4v) is 3.81. The van der Waals surface area contributed by atoms with Gasteiger partial charge in [0.2, 0.25) is 10.0 Å². The minimum atomic E-state index is -3.68. The van der Waals surface area contributed by atoms with Gasteiger partial charge in [-0.15, -0.1) is 11.3 Å². The van der Waals surface area contributed by atoms with E-state index in [2.05, 4.69) is 4.72 Å². The number of benzene rings is 1. The molecule has 1 atom stereocenters. The Kier molecular flexibility index (Phi) is 6.11. The Morgan fingerprint density at radius 3 is 2.71 bits per heavy atom. The highest BCUT2D eigenvalue weighted by Crippen LogP contribution is 2.15. The lowest BCUT2D eigenvalue weighted by Gasteiger charge is -2.23. The number of nitrogens with two attached hydrogens (primary N) is 1. The number of thiophene rings is 1. The molecule has 6 nitrogen and oxygen atoms in total. The first-order valence-corrected chi connectivity index (χ1v) is 9.81. The zero-order valence-electron chi connectivity index (χ0n) is 13.6. The summed E-state index contributed by atoms with van der Waals surface area (Å²) in [6.07, 6.45) is 0. The van der Waals surface area contributed by atoms with Crippen LogP contribution in [0.2, 0.25) is 0 Å². The van der Waals surface area contributed by atoms with E-state index in [4.69, 9.17) is 5.73 Å². The van der Waals surface area contributed by atoms with Crippen LogP contribution in [0.4, 0.5) is 0 Å². The SMILES string of the molecule is CC(CN)N(C)C(=O)c1cccc(S(=O)(=O)NCc2cccs2)c1. The number of nitrogens with one attached hydrogen (secondary N) is 1. The highest BCUT2D eigenvalue weighted by molar-refractivity contribution is 7.89. The van der Waals surface area contributed by atoms with Gasteiger partial charge in [0.25, 0.3) is 5.91 Å². The monoisotopic (exact) mass is 367 g/mol. The smallest absolute Gasteiger partial charge is 0.253 e. The van der Waals surface area contributed by atoms with Gasteiger partial charge >= 0.3 is 0 Å². The first-order valence-electron chi connectivity index (χ1n) is 7.44. The second-order valence-corrected chi connectivity index (χ2v) is 8.23. The van der Waals surface area contributed by atoms with Gasteiger partial charge in [0.1, 0.15) is 0 Å². The van der Waals surface area contributed by atoms with E-state index in [0.29, 0.717) is 12.1 Å². The summed E-state index contributed by atoms with van der Waals surface area (Å²) in [4.78, 5) is 14.9. The third kappa shape index (κ3) is 4.41. The van der Waals surface area contributed by atoms with Crippen LogP contribution in [-0.4, -0.2) is 38.9 Å². The molecule has 1 unspecified atom stereocenters. The second kappa shape index (κ2) is 7.89. The van der Waals surface area contributed by atoms with Gasteiger partial charge in [0.15, 0.2) is 0 Å². The highest BCUT2D eigenvalue weighted by atomic mass is 32.2. The van der Waals surface area contributed by atoms with Gasteiger partial charge in [-0.25, -0.2) is 13.1 Å². The molecule has 8 heteroatoms. The van der Waals surface area contributed by atoms with Crippen LogP contribution in [0.25, 0.3) is 0 Å². The molecule has 0 bridgehead atoms. The van der Waals surface area contributed by atoms with E-state index in [1.165, 1.54) is 28.4 Å². The van der Waals surface area contributed by atoms with E-state index in [0.717, 1.165) is 4.88 Å². The molecule has 0 aliphatic rings. The molecule has 1 aromatic heterocycles. The zero-order chi connectivity index (χ0) is 17.7.